The fraction of sp³-hybridized carbons (Fsp3) is 0.857. The van der Waals surface area contributed by atoms with E-state index in [9.17, 15) is 4.79 Å². The Kier molecular flexibility index (Phi) is 12.2. The van der Waals surface area contributed by atoms with Gasteiger partial charge in [0.2, 0.25) is 0 Å². The van der Waals surface area contributed by atoms with Crippen LogP contribution in [0.4, 0.5) is 0 Å². The van der Waals surface area contributed by atoms with E-state index >= 15 is 0 Å². The summed E-state index contributed by atoms with van der Waals surface area (Å²) in [6.07, 6.45) is 4.55. The summed E-state index contributed by atoms with van der Waals surface area (Å²) in [6.45, 7) is 2.11. The third-order valence-electron chi connectivity index (χ3n) is 1.24. The average Bonchev–Trinajstić information content (AvgIpc) is 1.80. The van der Waals surface area contributed by atoms with Crippen LogP contribution in [-0.2, 0) is 4.79 Å². The van der Waals surface area contributed by atoms with Crippen molar-refractivity contribution in [3.63, 3.8) is 0 Å². The summed E-state index contributed by atoms with van der Waals surface area (Å²) >= 11 is 0. The molecule has 0 saturated carbocycles. The molecular formula is C7H14O2Tl. The maximum Gasteiger partial charge on any atom is 0.303 e. The maximum atomic E-state index is 9.96. The molecule has 0 spiro atoms. The van der Waals surface area contributed by atoms with Crippen LogP contribution < -0.4 is 0 Å². The number of rotatable bonds is 5. The molecule has 1 N–H and O–H groups in total. The van der Waals surface area contributed by atoms with Crippen LogP contribution in [-0.4, -0.2) is 38.4 Å². The molecule has 57 valence electrons. The topological polar surface area (TPSA) is 37.3 Å². The van der Waals surface area contributed by atoms with Gasteiger partial charge in [0.05, 0.1) is 0 Å². The van der Waals surface area contributed by atoms with Crippen LogP contribution in [0.3, 0.4) is 0 Å². The third kappa shape index (κ3) is 11.2. The van der Waals surface area contributed by atoms with Crippen molar-refractivity contribution in [1.29, 1.82) is 0 Å². The van der Waals surface area contributed by atoms with Gasteiger partial charge in [0, 0.05) is 33.7 Å². The average molecular weight is 335 g/mol. The number of hydrogen-bond acceptors (Lipinski definition) is 1. The Labute approximate surface area is 82.2 Å². The van der Waals surface area contributed by atoms with Crippen molar-refractivity contribution >= 4 is 33.3 Å². The molecule has 0 atom stereocenters. The molecule has 0 aliphatic heterocycles. The van der Waals surface area contributed by atoms with E-state index in [2.05, 4.69) is 6.92 Å². The van der Waals surface area contributed by atoms with Gasteiger partial charge in [0.1, 0.15) is 0 Å². The second kappa shape index (κ2) is 9.39. The number of carbonyl (C=O) groups is 1. The van der Waals surface area contributed by atoms with Crippen LogP contribution >= 0.6 is 0 Å². The van der Waals surface area contributed by atoms with Crippen LogP contribution in [0.1, 0.15) is 39.0 Å². The number of hydrogen-bond donors (Lipinski definition) is 1. The van der Waals surface area contributed by atoms with Crippen LogP contribution in [0.15, 0.2) is 0 Å². The molecule has 0 aliphatic rings. The number of carboxylic acid groups (broad SMARTS) is 1. The summed E-state index contributed by atoms with van der Waals surface area (Å²) in [4.78, 5) is 9.96. The zero-order chi connectivity index (χ0) is 7.11. The van der Waals surface area contributed by atoms with Gasteiger partial charge < -0.3 is 5.11 Å². The molecule has 2 nitrogen and oxygen atoms in total. The second-order valence-corrected chi connectivity index (χ2v) is 2.20. The SMILES string of the molecule is CCCCCCC(=O)O.[Tl]. The quantitative estimate of drug-likeness (QED) is 0.613. The third-order valence-corrected chi connectivity index (χ3v) is 1.24. The molecule has 0 bridgehead atoms. The Bertz CT molecular complexity index is 83.7. The van der Waals surface area contributed by atoms with Crippen LogP contribution in [0.2, 0.25) is 0 Å². The predicted molar refractivity (Wildman–Crippen MR) is 42.1 cm³/mol. The zero-order valence-corrected chi connectivity index (χ0v) is 11.0. The molecule has 0 amide bonds. The summed E-state index contributed by atoms with van der Waals surface area (Å²) in [6, 6.07) is 0. The van der Waals surface area contributed by atoms with Gasteiger partial charge in [0.25, 0.3) is 0 Å². The molecule has 0 saturated heterocycles. The largest absolute Gasteiger partial charge is 0.481 e. The minimum atomic E-state index is -0.675. The Morgan fingerprint density at radius 3 is 2.30 bits per heavy atom. The van der Waals surface area contributed by atoms with E-state index < -0.39 is 5.97 Å². The molecule has 0 rings (SSSR count). The molecule has 0 unspecified atom stereocenters. The summed E-state index contributed by atoms with van der Waals surface area (Å²) in [5.74, 6) is -0.675. The van der Waals surface area contributed by atoms with E-state index in [4.69, 9.17) is 5.11 Å². The summed E-state index contributed by atoms with van der Waals surface area (Å²) in [7, 11) is 0. The van der Waals surface area contributed by atoms with Crippen LogP contribution in [0, 0.1) is 0 Å². The van der Waals surface area contributed by atoms with Crippen molar-refractivity contribution in [1.82, 2.24) is 0 Å². The first-order valence-corrected chi connectivity index (χ1v) is 3.49. The molecule has 0 aliphatic carbocycles. The van der Waals surface area contributed by atoms with Crippen molar-refractivity contribution < 1.29 is 9.90 Å². The Balaban J connectivity index is 0. The number of aliphatic carboxylic acids is 1. The van der Waals surface area contributed by atoms with Crippen LogP contribution in [0.25, 0.3) is 0 Å². The first kappa shape index (κ1) is 13.0. The molecule has 1 radical (unpaired) electrons. The monoisotopic (exact) mass is 335 g/mol. The first-order chi connectivity index (χ1) is 4.27. The molecular weight excluding hydrogens is 320 g/mol. The number of carboxylic acids is 1. The van der Waals surface area contributed by atoms with Crippen LogP contribution in [0.5, 0.6) is 0 Å². The summed E-state index contributed by atoms with van der Waals surface area (Å²) in [5.41, 5.74) is 0. The smallest absolute Gasteiger partial charge is 0.303 e. The van der Waals surface area contributed by atoms with E-state index in [0.29, 0.717) is 6.42 Å². The van der Waals surface area contributed by atoms with E-state index in [1.165, 1.54) is 6.42 Å². The van der Waals surface area contributed by atoms with E-state index in [1.54, 1.807) is 0 Å². The molecule has 0 fully saturated rings. The van der Waals surface area contributed by atoms with Crippen molar-refractivity contribution in [2.24, 2.45) is 0 Å². The Morgan fingerprint density at radius 2 is 1.90 bits per heavy atom. The fourth-order valence-electron chi connectivity index (χ4n) is 0.703. The van der Waals surface area contributed by atoms with E-state index in [0.717, 1.165) is 19.3 Å². The minimum absolute atomic E-state index is 0. The van der Waals surface area contributed by atoms with E-state index in [1.807, 2.05) is 0 Å². The molecule has 0 aromatic rings. The van der Waals surface area contributed by atoms with Crippen molar-refractivity contribution in [2.45, 2.75) is 39.0 Å². The standard InChI is InChI=1S/C7H14O2.Tl/c1-2-3-4-5-6-7(8)9;/h2-6H2,1H3,(H,8,9);. The Hall–Kier alpha value is 0.392. The molecule has 10 heavy (non-hydrogen) atoms. The molecule has 0 heterocycles. The minimum Gasteiger partial charge on any atom is -0.481 e. The first-order valence-electron chi connectivity index (χ1n) is 3.49. The number of unbranched alkanes of at least 4 members (excludes halogenated alkanes) is 3. The summed E-state index contributed by atoms with van der Waals surface area (Å²) < 4.78 is 0. The predicted octanol–water partition coefficient (Wildman–Crippen LogP) is 1.66. The summed E-state index contributed by atoms with van der Waals surface area (Å²) in [5, 5.41) is 8.21. The van der Waals surface area contributed by atoms with Crippen molar-refractivity contribution in [2.75, 3.05) is 0 Å². The zero-order valence-electron chi connectivity index (χ0n) is 6.47. The maximum absolute atomic E-state index is 9.96. The molecule has 0 aromatic heterocycles. The normalized spacial score (nSPS) is 8.50. The molecule has 3 heteroatoms. The van der Waals surface area contributed by atoms with Gasteiger partial charge in [-0.2, -0.15) is 0 Å². The van der Waals surface area contributed by atoms with E-state index in [-0.39, 0.29) is 27.3 Å². The fourth-order valence-corrected chi connectivity index (χ4v) is 0.703. The second-order valence-electron chi connectivity index (χ2n) is 2.20. The van der Waals surface area contributed by atoms with Crippen molar-refractivity contribution in [3.8, 4) is 0 Å². The Morgan fingerprint density at radius 1 is 1.30 bits per heavy atom. The van der Waals surface area contributed by atoms with Gasteiger partial charge in [-0.25, -0.2) is 0 Å². The van der Waals surface area contributed by atoms with Crippen molar-refractivity contribution in [3.05, 3.63) is 0 Å². The van der Waals surface area contributed by atoms with Gasteiger partial charge in [-0.1, -0.05) is 26.2 Å². The van der Waals surface area contributed by atoms with Gasteiger partial charge in [-0.15, -0.1) is 0 Å². The van der Waals surface area contributed by atoms with Gasteiger partial charge >= 0.3 is 5.97 Å². The van der Waals surface area contributed by atoms with Gasteiger partial charge in [-0.3, -0.25) is 4.79 Å². The van der Waals surface area contributed by atoms with Gasteiger partial charge in [0.15, 0.2) is 0 Å². The molecule has 0 aromatic carbocycles. The van der Waals surface area contributed by atoms with Gasteiger partial charge in [-0.05, 0) is 6.42 Å².